The van der Waals surface area contributed by atoms with Gasteiger partial charge in [-0.25, -0.2) is 4.39 Å². The quantitative estimate of drug-likeness (QED) is 0.840. The fourth-order valence-corrected chi connectivity index (χ4v) is 2.01. The maximum atomic E-state index is 13.5. The van der Waals surface area contributed by atoms with Crippen LogP contribution in [0.4, 0.5) is 10.1 Å². The Morgan fingerprint density at radius 1 is 1.44 bits per heavy atom. The van der Waals surface area contributed by atoms with Crippen molar-refractivity contribution >= 4 is 43.5 Å². The number of hydrogen-bond donors (Lipinski definition) is 2. The van der Waals surface area contributed by atoms with Crippen LogP contribution in [0.5, 0.6) is 0 Å². The van der Waals surface area contributed by atoms with Crippen molar-refractivity contribution in [2.45, 2.75) is 6.92 Å². The molecule has 0 aliphatic rings. The van der Waals surface area contributed by atoms with Crippen LogP contribution in [-0.2, 0) is 0 Å². The van der Waals surface area contributed by atoms with E-state index in [1.165, 1.54) is 6.07 Å². The highest BCUT2D eigenvalue weighted by atomic mass is 79.9. The molecular weight excluding hydrogens is 369 g/mol. The molecule has 0 spiro atoms. The van der Waals surface area contributed by atoms with Gasteiger partial charge in [0.2, 0.25) is 0 Å². The zero-order valence-electron chi connectivity index (χ0n) is 9.22. The molecule has 2 rings (SSSR count). The summed E-state index contributed by atoms with van der Waals surface area (Å²) in [5, 5.41) is 8.88. The number of aromatic nitrogens is 2. The fraction of sp³-hybridized carbons (Fsp3) is 0.0909. The zero-order chi connectivity index (χ0) is 13.3. The smallest absolute Gasteiger partial charge is 0.277 e. The van der Waals surface area contributed by atoms with E-state index in [2.05, 4.69) is 47.4 Å². The van der Waals surface area contributed by atoms with E-state index in [4.69, 9.17) is 0 Å². The highest BCUT2D eigenvalue weighted by molar-refractivity contribution is 9.13. The molecule has 1 amide bonds. The molecule has 1 aromatic carbocycles. The largest absolute Gasteiger partial charge is 0.318 e. The van der Waals surface area contributed by atoms with Crippen LogP contribution in [0.3, 0.4) is 0 Å². The molecule has 0 radical (unpaired) electrons. The van der Waals surface area contributed by atoms with E-state index in [9.17, 15) is 9.18 Å². The number of anilines is 1. The van der Waals surface area contributed by atoms with Crippen molar-refractivity contribution in [3.05, 3.63) is 44.3 Å². The molecule has 0 unspecified atom stereocenters. The van der Waals surface area contributed by atoms with Crippen LogP contribution in [0.2, 0.25) is 0 Å². The van der Waals surface area contributed by atoms with E-state index in [0.717, 1.165) is 5.56 Å². The Bertz CT molecular complexity index is 612. The molecular formula is C11H8Br2FN3O. The number of rotatable bonds is 2. The van der Waals surface area contributed by atoms with Crippen molar-refractivity contribution in [1.82, 2.24) is 10.2 Å². The summed E-state index contributed by atoms with van der Waals surface area (Å²) in [5.41, 5.74) is 1.14. The normalized spacial score (nSPS) is 10.4. The molecule has 2 aromatic rings. The lowest BCUT2D eigenvalue weighted by molar-refractivity contribution is 0.102. The average Bonchev–Trinajstić information content (AvgIpc) is 2.65. The van der Waals surface area contributed by atoms with Crippen molar-refractivity contribution in [2.75, 3.05) is 5.32 Å². The van der Waals surface area contributed by atoms with Gasteiger partial charge in [0.25, 0.3) is 5.91 Å². The molecule has 0 fully saturated rings. The van der Waals surface area contributed by atoms with E-state index in [-0.39, 0.29) is 11.4 Å². The first-order chi connectivity index (χ1) is 8.49. The highest BCUT2D eigenvalue weighted by Crippen LogP contribution is 2.25. The van der Waals surface area contributed by atoms with Gasteiger partial charge in [-0.2, -0.15) is 5.10 Å². The molecule has 2 N–H and O–H groups in total. The Balaban J connectivity index is 2.27. The van der Waals surface area contributed by atoms with E-state index < -0.39 is 11.7 Å². The molecule has 18 heavy (non-hydrogen) atoms. The van der Waals surface area contributed by atoms with Gasteiger partial charge in [0.1, 0.15) is 10.4 Å². The van der Waals surface area contributed by atoms with Gasteiger partial charge in [0.15, 0.2) is 5.69 Å². The summed E-state index contributed by atoms with van der Waals surface area (Å²) >= 11 is 6.38. The Morgan fingerprint density at radius 2 is 2.17 bits per heavy atom. The van der Waals surface area contributed by atoms with Crippen LogP contribution in [0.25, 0.3) is 0 Å². The van der Waals surface area contributed by atoms with Crippen LogP contribution in [-0.4, -0.2) is 16.1 Å². The summed E-state index contributed by atoms with van der Waals surface area (Å²) in [4.78, 5) is 11.9. The summed E-state index contributed by atoms with van der Waals surface area (Å²) in [6.45, 7) is 1.82. The third-order valence-electron chi connectivity index (χ3n) is 2.25. The Morgan fingerprint density at radius 3 is 2.78 bits per heavy atom. The molecule has 1 aromatic heterocycles. The molecule has 0 aliphatic carbocycles. The van der Waals surface area contributed by atoms with Gasteiger partial charge >= 0.3 is 0 Å². The van der Waals surface area contributed by atoms with Crippen molar-refractivity contribution in [3.8, 4) is 0 Å². The van der Waals surface area contributed by atoms with Crippen LogP contribution in [0.1, 0.15) is 16.1 Å². The van der Waals surface area contributed by atoms with E-state index >= 15 is 0 Å². The number of aromatic amines is 1. The second-order valence-corrected chi connectivity index (χ2v) is 5.22. The van der Waals surface area contributed by atoms with Gasteiger partial charge in [0.05, 0.1) is 10.2 Å². The predicted octanol–water partition coefficient (Wildman–Crippen LogP) is 3.63. The molecule has 7 heteroatoms. The van der Waals surface area contributed by atoms with Crippen LogP contribution >= 0.6 is 31.9 Å². The minimum Gasteiger partial charge on any atom is -0.318 e. The first-order valence-electron chi connectivity index (χ1n) is 4.96. The van der Waals surface area contributed by atoms with Crippen molar-refractivity contribution < 1.29 is 9.18 Å². The Kier molecular flexibility index (Phi) is 3.82. The van der Waals surface area contributed by atoms with Crippen molar-refractivity contribution in [2.24, 2.45) is 0 Å². The van der Waals surface area contributed by atoms with Crippen LogP contribution < -0.4 is 5.32 Å². The number of nitrogens with one attached hydrogen (secondary N) is 2. The number of benzene rings is 1. The third kappa shape index (κ3) is 2.62. The van der Waals surface area contributed by atoms with Gasteiger partial charge < -0.3 is 5.32 Å². The standard InChI is InChI=1S/C11H8Br2FN3O/c1-5-2-3-6(14)7(4-5)15-11(18)9-8(12)10(13)17-16-9/h2-4H,1H3,(H,15,18)(H,16,17). The van der Waals surface area contributed by atoms with Gasteiger partial charge in [0, 0.05) is 0 Å². The van der Waals surface area contributed by atoms with Gasteiger partial charge in [-0.1, -0.05) is 6.07 Å². The van der Waals surface area contributed by atoms with Gasteiger partial charge in [-0.3, -0.25) is 9.89 Å². The zero-order valence-corrected chi connectivity index (χ0v) is 12.4. The number of halogens is 3. The number of carbonyl (C=O) groups excluding carboxylic acids is 1. The Labute approximate surface area is 119 Å². The molecule has 0 aliphatic heterocycles. The molecule has 0 bridgehead atoms. The van der Waals surface area contributed by atoms with E-state index in [0.29, 0.717) is 9.08 Å². The summed E-state index contributed by atoms with van der Waals surface area (Å²) in [7, 11) is 0. The molecule has 1 heterocycles. The minimum absolute atomic E-state index is 0.131. The average molecular weight is 377 g/mol. The first kappa shape index (κ1) is 13.2. The molecule has 0 saturated carbocycles. The van der Waals surface area contributed by atoms with Crippen molar-refractivity contribution in [1.29, 1.82) is 0 Å². The third-order valence-corrected chi connectivity index (χ3v) is 4.13. The molecule has 94 valence electrons. The van der Waals surface area contributed by atoms with Gasteiger partial charge in [-0.15, -0.1) is 0 Å². The summed E-state index contributed by atoms with van der Waals surface area (Å²) in [5.74, 6) is -0.979. The second kappa shape index (κ2) is 5.19. The van der Waals surface area contributed by atoms with E-state index in [1.54, 1.807) is 12.1 Å². The first-order valence-corrected chi connectivity index (χ1v) is 6.54. The van der Waals surface area contributed by atoms with Crippen LogP contribution in [0.15, 0.2) is 27.3 Å². The summed E-state index contributed by atoms with van der Waals surface area (Å²) in [6, 6.07) is 4.50. The predicted molar refractivity (Wildman–Crippen MR) is 73.1 cm³/mol. The number of aryl methyl sites for hydroxylation is 1. The Hall–Kier alpha value is -1.21. The molecule has 4 nitrogen and oxygen atoms in total. The lowest BCUT2D eigenvalue weighted by Crippen LogP contribution is -2.14. The van der Waals surface area contributed by atoms with Crippen LogP contribution in [0, 0.1) is 12.7 Å². The number of amides is 1. The summed E-state index contributed by atoms with van der Waals surface area (Å²) in [6.07, 6.45) is 0. The molecule has 0 atom stereocenters. The lowest BCUT2D eigenvalue weighted by atomic mass is 10.2. The second-order valence-electron chi connectivity index (χ2n) is 3.64. The number of nitrogens with zero attached hydrogens (tertiary/aromatic N) is 1. The molecule has 0 saturated heterocycles. The maximum Gasteiger partial charge on any atom is 0.277 e. The maximum absolute atomic E-state index is 13.5. The summed E-state index contributed by atoms with van der Waals surface area (Å²) < 4.78 is 14.5. The SMILES string of the molecule is Cc1ccc(F)c(NC(=O)c2n[nH]c(Br)c2Br)c1. The highest BCUT2D eigenvalue weighted by Gasteiger charge is 2.17. The number of hydrogen-bond acceptors (Lipinski definition) is 2. The van der Waals surface area contributed by atoms with E-state index in [1.807, 2.05) is 6.92 Å². The number of H-pyrrole nitrogens is 1. The number of carbonyl (C=O) groups is 1. The van der Waals surface area contributed by atoms with Gasteiger partial charge in [-0.05, 0) is 56.5 Å². The topological polar surface area (TPSA) is 57.8 Å². The fourth-order valence-electron chi connectivity index (χ4n) is 1.37. The lowest BCUT2D eigenvalue weighted by Gasteiger charge is -2.05. The minimum atomic E-state index is -0.492. The monoisotopic (exact) mass is 375 g/mol. The van der Waals surface area contributed by atoms with Crippen molar-refractivity contribution in [3.63, 3.8) is 0 Å².